The second kappa shape index (κ2) is 6.55. The first kappa shape index (κ1) is 16.2. The average molecular weight is 319 g/mol. The van der Waals surface area contributed by atoms with Gasteiger partial charge in [-0.3, -0.25) is 4.79 Å². The van der Waals surface area contributed by atoms with Crippen molar-refractivity contribution in [3.8, 4) is 0 Å². The Morgan fingerprint density at radius 1 is 1.37 bits per heavy atom. The fourth-order valence-electron chi connectivity index (χ4n) is 1.73. The molecule has 1 amide bonds. The smallest absolute Gasteiger partial charge is 0.234 e. The first-order chi connectivity index (χ1) is 8.75. The maximum absolute atomic E-state index is 12.2. The van der Waals surface area contributed by atoms with E-state index in [0.717, 1.165) is 5.56 Å². The second-order valence-corrected chi connectivity index (χ2v) is 5.92. The molecule has 0 aliphatic heterocycles. The van der Waals surface area contributed by atoms with Crippen LogP contribution in [0.5, 0.6) is 0 Å². The molecule has 1 atom stereocenters. The summed E-state index contributed by atoms with van der Waals surface area (Å²) < 4.78 is 0. The molecule has 0 aromatic heterocycles. The van der Waals surface area contributed by atoms with Gasteiger partial charge in [-0.05, 0) is 24.5 Å². The molecule has 0 heterocycles. The van der Waals surface area contributed by atoms with E-state index < -0.39 is 5.92 Å². The molecule has 1 rings (SSSR count). The zero-order chi connectivity index (χ0) is 14.7. The van der Waals surface area contributed by atoms with Crippen LogP contribution in [0.25, 0.3) is 0 Å². The predicted octanol–water partition coefficient (Wildman–Crippen LogP) is 3.80. The monoisotopic (exact) mass is 318 g/mol. The number of thiocarbonyl (C=S) groups is 1. The van der Waals surface area contributed by atoms with Crippen LogP contribution in [0, 0.1) is 18.8 Å². The van der Waals surface area contributed by atoms with Crippen LogP contribution in [0.3, 0.4) is 0 Å². The second-order valence-electron chi connectivity index (χ2n) is 4.67. The first-order valence-corrected chi connectivity index (χ1v) is 6.97. The standard InChI is InChI=1S/C13H16Cl2N2OS/c1-6(2)9(12(16)19)13(18)17-11-8(14)5-4-7(3)10(11)15/h4-6,9H,1-3H3,(H2,16,19)(H,17,18). The number of benzene rings is 1. The molecule has 0 radical (unpaired) electrons. The van der Waals surface area contributed by atoms with Gasteiger partial charge in [0.05, 0.1) is 26.6 Å². The molecule has 0 fully saturated rings. The molecule has 1 aromatic rings. The lowest BCUT2D eigenvalue weighted by Gasteiger charge is -2.20. The van der Waals surface area contributed by atoms with Gasteiger partial charge in [0.1, 0.15) is 0 Å². The van der Waals surface area contributed by atoms with Crippen molar-refractivity contribution in [1.29, 1.82) is 0 Å². The van der Waals surface area contributed by atoms with E-state index in [0.29, 0.717) is 15.7 Å². The zero-order valence-electron chi connectivity index (χ0n) is 11.0. The molecule has 0 saturated carbocycles. The fraction of sp³-hybridized carbons (Fsp3) is 0.385. The van der Waals surface area contributed by atoms with Gasteiger partial charge < -0.3 is 11.1 Å². The van der Waals surface area contributed by atoms with Crippen molar-refractivity contribution in [2.75, 3.05) is 5.32 Å². The summed E-state index contributed by atoms with van der Waals surface area (Å²) in [6.07, 6.45) is 0. The minimum atomic E-state index is -0.553. The summed E-state index contributed by atoms with van der Waals surface area (Å²) in [6.45, 7) is 5.59. The maximum atomic E-state index is 12.2. The first-order valence-electron chi connectivity index (χ1n) is 5.80. The van der Waals surface area contributed by atoms with E-state index in [1.165, 1.54) is 0 Å². The van der Waals surface area contributed by atoms with Crippen LogP contribution in [0.4, 0.5) is 5.69 Å². The SMILES string of the molecule is Cc1ccc(Cl)c(NC(=O)C(C(N)=S)C(C)C)c1Cl. The summed E-state index contributed by atoms with van der Waals surface area (Å²) in [5.74, 6) is -0.848. The third-order valence-electron chi connectivity index (χ3n) is 2.79. The third-order valence-corrected chi connectivity index (χ3v) is 3.84. The molecular formula is C13H16Cl2N2OS. The Bertz CT molecular complexity index is 518. The lowest BCUT2D eigenvalue weighted by atomic mass is 9.95. The number of nitrogens with two attached hydrogens (primary N) is 1. The van der Waals surface area contributed by atoms with Gasteiger partial charge in [-0.2, -0.15) is 0 Å². The van der Waals surface area contributed by atoms with Crippen molar-refractivity contribution in [3.63, 3.8) is 0 Å². The zero-order valence-corrected chi connectivity index (χ0v) is 13.3. The van der Waals surface area contributed by atoms with E-state index in [1.54, 1.807) is 12.1 Å². The molecular weight excluding hydrogens is 303 g/mol. The number of aryl methyl sites for hydroxylation is 1. The Labute approximate surface area is 128 Å². The Hall–Kier alpha value is -0.840. The normalized spacial score (nSPS) is 12.3. The number of anilines is 1. The van der Waals surface area contributed by atoms with Crippen molar-refractivity contribution in [3.05, 3.63) is 27.7 Å². The van der Waals surface area contributed by atoms with Gasteiger partial charge in [0.15, 0.2) is 0 Å². The van der Waals surface area contributed by atoms with Gasteiger partial charge in [0.25, 0.3) is 0 Å². The van der Waals surface area contributed by atoms with E-state index in [2.05, 4.69) is 5.32 Å². The molecule has 104 valence electrons. The molecule has 0 aliphatic rings. The highest BCUT2D eigenvalue weighted by molar-refractivity contribution is 7.80. The van der Waals surface area contributed by atoms with E-state index in [9.17, 15) is 4.79 Å². The summed E-state index contributed by atoms with van der Waals surface area (Å²) in [4.78, 5) is 12.4. The average Bonchev–Trinajstić information content (AvgIpc) is 2.28. The topological polar surface area (TPSA) is 55.1 Å². The lowest BCUT2D eigenvalue weighted by molar-refractivity contribution is -0.118. The number of amides is 1. The van der Waals surface area contributed by atoms with Crippen LogP contribution in [0.15, 0.2) is 12.1 Å². The van der Waals surface area contributed by atoms with E-state index in [4.69, 9.17) is 41.2 Å². The van der Waals surface area contributed by atoms with Crippen LogP contribution >= 0.6 is 35.4 Å². The number of carbonyl (C=O) groups excluding carboxylic acids is 1. The number of hydrogen-bond donors (Lipinski definition) is 2. The highest BCUT2D eigenvalue weighted by Gasteiger charge is 2.26. The van der Waals surface area contributed by atoms with Crippen molar-refractivity contribution in [2.24, 2.45) is 17.6 Å². The Morgan fingerprint density at radius 2 is 1.95 bits per heavy atom. The van der Waals surface area contributed by atoms with Gasteiger partial charge in [-0.15, -0.1) is 0 Å². The van der Waals surface area contributed by atoms with Crippen LogP contribution < -0.4 is 11.1 Å². The van der Waals surface area contributed by atoms with Gasteiger partial charge >= 0.3 is 0 Å². The Morgan fingerprint density at radius 3 is 2.42 bits per heavy atom. The highest BCUT2D eigenvalue weighted by atomic mass is 35.5. The minimum Gasteiger partial charge on any atom is -0.393 e. The summed E-state index contributed by atoms with van der Waals surface area (Å²) >= 11 is 17.1. The van der Waals surface area contributed by atoms with Gasteiger partial charge in [-0.1, -0.05) is 55.3 Å². The van der Waals surface area contributed by atoms with Gasteiger partial charge in [-0.25, -0.2) is 0 Å². The summed E-state index contributed by atoms with van der Waals surface area (Å²) in [5.41, 5.74) is 6.83. The fourth-order valence-corrected chi connectivity index (χ4v) is 2.58. The number of halogens is 2. The number of hydrogen-bond acceptors (Lipinski definition) is 2. The lowest BCUT2D eigenvalue weighted by Crippen LogP contribution is -2.36. The summed E-state index contributed by atoms with van der Waals surface area (Å²) in [5, 5.41) is 3.52. The van der Waals surface area contributed by atoms with Gasteiger partial charge in [0.2, 0.25) is 5.91 Å². The van der Waals surface area contributed by atoms with Crippen LogP contribution in [-0.2, 0) is 4.79 Å². The number of nitrogens with one attached hydrogen (secondary N) is 1. The molecule has 0 aliphatic carbocycles. The van der Waals surface area contributed by atoms with Crippen LogP contribution in [0.2, 0.25) is 10.0 Å². The van der Waals surface area contributed by atoms with Crippen molar-refractivity contribution >= 4 is 52.0 Å². The predicted molar refractivity (Wildman–Crippen MR) is 84.9 cm³/mol. The quantitative estimate of drug-likeness (QED) is 0.830. The molecule has 1 unspecified atom stereocenters. The molecule has 0 saturated heterocycles. The highest BCUT2D eigenvalue weighted by Crippen LogP contribution is 2.33. The number of carbonyl (C=O) groups is 1. The third kappa shape index (κ3) is 3.81. The molecule has 1 aromatic carbocycles. The molecule has 0 bridgehead atoms. The molecule has 19 heavy (non-hydrogen) atoms. The van der Waals surface area contributed by atoms with Crippen molar-refractivity contribution in [1.82, 2.24) is 0 Å². The molecule has 3 N–H and O–H groups in total. The Balaban J connectivity index is 3.06. The largest absolute Gasteiger partial charge is 0.393 e. The minimum absolute atomic E-state index is 0.000129. The van der Waals surface area contributed by atoms with E-state index >= 15 is 0 Å². The molecule has 6 heteroatoms. The summed E-state index contributed by atoms with van der Waals surface area (Å²) in [6, 6.07) is 3.47. The van der Waals surface area contributed by atoms with E-state index in [1.807, 2.05) is 20.8 Å². The maximum Gasteiger partial charge on any atom is 0.234 e. The Kier molecular flexibility index (Phi) is 5.59. The molecule has 3 nitrogen and oxygen atoms in total. The van der Waals surface area contributed by atoms with E-state index in [-0.39, 0.29) is 16.8 Å². The van der Waals surface area contributed by atoms with Crippen LogP contribution in [0.1, 0.15) is 19.4 Å². The van der Waals surface area contributed by atoms with Crippen molar-refractivity contribution < 1.29 is 4.79 Å². The van der Waals surface area contributed by atoms with Gasteiger partial charge in [0, 0.05) is 0 Å². The molecule has 0 spiro atoms. The van der Waals surface area contributed by atoms with Crippen LogP contribution in [-0.4, -0.2) is 10.9 Å². The summed E-state index contributed by atoms with van der Waals surface area (Å²) in [7, 11) is 0. The van der Waals surface area contributed by atoms with Crippen molar-refractivity contribution in [2.45, 2.75) is 20.8 Å². The number of rotatable bonds is 4.